The molecule has 41 heavy (non-hydrogen) atoms. The lowest BCUT2D eigenvalue weighted by Gasteiger charge is -2.49. The van der Waals surface area contributed by atoms with E-state index in [2.05, 4.69) is 18.5 Å². The van der Waals surface area contributed by atoms with Gasteiger partial charge in [0.1, 0.15) is 11.3 Å². The quantitative estimate of drug-likeness (QED) is 0.316. The number of nitrogens with zero attached hydrogens (tertiary/aromatic N) is 1. The Labute approximate surface area is 239 Å². The number of hydrogen-bond donors (Lipinski definition) is 3. The molecule has 0 aromatic heterocycles. The van der Waals surface area contributed by atoms with E-state index >= 15 is 0 Å². The predicted molar refractivity (Wildman–Crippen MR) is 153 cm³/mol. The van der Waals surface area contributed by atoms with Crippen molar-refractivity contribution >= 4 is 17.8 Å². The molecule has 0 bridgehead atoms. The van der Waals surface area contributed by atoms with Gasteiger partial charge in [-0.2, -0.15) is 0 Å². The number of rotatable bonds is 7. The number of hydroxylamine groups is 1. The minimum atomic E-state index is -1.26. The minimum Gasteiger partial charge on any atom is -0.507 e. The smallest absolute Gasteiger partial charge is 0.339 e. The van der Waals surface area contributed by atoms with Crippen LogP contribution in [0.2, 0.25) is 0 Å². The van der Waals surface area contributed by atoms with E-state index in [1.54, 1.807) is 6.07 Å². The number of carbonyl (C=O) groups is 3. The summed E-state index contributed by atoms with van der Waals surface area (Å²) in [5.41, 5.74) is 7.05. The van der Waals surface area contributed by atoms with Crippen LogP contribution in [0.15, 0.2) is 60.7 Å². The van der Waals surface area contributed by atoms with Crippen LogP contribution in [-0.4, -0.2) is 38.9 Å². The van der Waals surface area contributed by atoms with Gasteiger partial charge in [0.05, 0.1) is 18.6 Å². The summed E-state index contributed by atoms with van der Waals surface area (Å²) in [6.07, 6.45) is 4.07. The van der Waals surface area contributed by atoms with Crippen LogP contribution in [-0.2, 0) is 16.2 Å². The topological polar surface area (TPSA) is 116 Å². The molecule has 1 aliphatic carbocycles. The zero-order chi connectivity index (χ0) is 29.3. The fourth-order valence-electron chi connectivity index (χ4n) is 6.50. The van der Waals surface area contributed by atoms with Crippen LogP contribution < -0.4 is 5.48 Å². The van der Waals surface area contributed by atoms with Crippen LogP contribution in [0.25, 0.3) is 0 Å². The van der Waals surface area contributed by atoms with Crippen molar-refractivity contribution in [2.75, 3.05) is 0 Å². The lowest BCUT2D eigenvalue weighted by Crippen LogP contribution is -2.54. The molecule has 3 N–H and O–H groups in total. The fourth-order valence-corrected chi connectivity index (χ4v) is 6.50. The minimum absolute atomic E-state index is 0.00189. The molecule has 3 aromatic rings. The first-order valence-corrected chi connectivity index (χ1v) is 14.1. The van der Waals surface area contributed by atoms with Crippen LogP contribution in [0.1, 0.15) is 93.1 Å². The number of aryl methyl sites for hydroxylation is 2. The number of aromatic hydroxyl groups is 1. The largest absolute Gasteiger partial charge is 0.507 e. The summed E-state index contributed by atoms with van der Waals surface area (Å²) >= 11 is 0. The van der Waals surface area contributed by atoms with E-state index in [1.165, 1.54) is 18.2 Å². The standard InChI is InChI=1S/C33H36N2O6/c1-19-12-14-23(21(3)16-19)30-29(31(37)34-41-18-22-13-15-28(36)26(17-22)33(39)40)24-9-5-6-10-25(24)32(38)35(30)27-11-7-4-8-20(27)2/h5-6,9-10,12-17,20,27,29-30,36H,4,7-8,11,18H2,1-3H3,(H,34,37)(H,39,40)/t20-,27-,29+,30-/m0/s1. The van der Waals surface area contributed by atoms with Crippen molar-refractivity contribution in [2.24, 2.45) is 5.92 Å². The molecule has 1 saturated carbocycles. The van der Waals surface area contributed by atoms with Crippen LogP contribution in [0.5, 0.6) is 5.75 Å². The summed E-state index contributed by atoms with van der Waals surface area (Å²) in [4.78, 5) is 47.2. The van der Waals surface area contributed by atoms with E-state index in [9.17, 15) is 24.6 Å². The second-order valence-electron chi connectivity index (χ2n) is 11.3. The average Bonchev–Trinajstić information content (AvgIpc) is 2.94. The highest BCUT2D eigenvalue weighted by Crippen LogP contribution is 2.47. The first-order chi connectivity index (χ1) is 19.7. The molecule has 4 atom stereocenters. The predicted octanol–water partition coefficient (Wildman–Crippen LogP) is 5.81. The first kappa shape index (κ1) is 28.4. The number of fused-ring (bicyclic) bond motifs is 1. The van der Waals surface area contributed by atoms with Gasteiger partial charge in [-0.25, -0.2) is 10.3 Å². The van der Waals surface area contributed by atoms with Crippen LogP contribution in [0.3, 0.4) is 0 Å². The maximum Gasteiger partial charge on any atom is 0.339 e. The van der Waals surface area contributed by atoms with E-state index in [0.29, 0.717) is 22.6 Å². The SMILES string of the molecule is Cc1ccc([C@H]2[C@H](C(=O)NOCc3ccc(O)c(C(=O)O)c3)c3ccccc3C(=O)N2[C@H]2CCCC[C@@H]2C)c(C)c1. The van der Waals surface area contributed by atoms with Crippen LogP contribution in [0.4, 0.5) is 0 Å². The molecule has 3 aromatic carbocycles. The lowest BCUT2D eigenvalue weighted by molar-refractivity contribution is -0.138. The Morgan fingerprint density at radius 3 is 2.49 bits per heavy atom. The Bertz CT molecular complexity index is 1480. The molecular weight excluding hydrogens is 520 g/mol. The monoisotopic (exact) mass is 556 g/mol. The van der Waals surface area contributed by atoms with E-state index in [0.717, 1.165) is 42.4 Å². The summed E-state index contributed by atoms with van der Waals surface area (Å²) < 4.78 is 0. The van der Waals surface area contributed by atoms with Gasteiger partial charge in [0, 0.05) is 11.6 Å². The second kappa shape index (κ2) is 11.7. The van der Waals surface area contributed by atoms with E-state index in [1.807, 2.05) is 49.1 Å². The van der Waals surface area contributed by atoms with Crippen molar-refractivity contribution < 1.29 is 29.4 Å². The number of carboxylic acids is 1. The molecule has 0 radical (unpaired) electrons. The van der Waals surface area contributed by atoms with Gasteiger partial charge in [-0.1, -0.05) is 67.8 Å². The van der Waals surface area contributed by atoms with Crippen molar-refractivity contribution in [3.05, 3.63) is 99.6 Å². The molecule has 8 nitrogen and oxygen atoms in total. The zero-order valence-electron chi connectivity index (χ0n) is 23.6. The second-order valence-corrected chi connectivity index (χ2v) is 11.3. The van der Waals surface area contributed by atoms with Crippen molar-refractivity contribution in [3.63, 3.8) is 0 Å². The Morgan fingerprint density at radius 2 is 1.76 bits per heavy atom. The van der Waals surface area contributed by atoms with Gasteiger partial charge in [-0.15, -0.1) is 0 Å². The van der Waals surface area contributed by atoms with Crippen molar-refractivity contribution in [2.45, 2.75) is 71.1 Å². The molecular formula is C33H36N2O6. The van der Waals surface area contributed by atoms with Gasteiger partial charge < -0.3 is 15.1 Å². The Balaban J connectivity index is 1.52. The highest BCUT2D eigenvalue weighted by molar-refractivity contribution is 6.01. The number of carbonyl (C=O) groups excluding carboxylic acids is 2. The molecule has 1 heterocycles. The molecule has 214 valence electrons. The molecule has 8 heteroatoms. The third-order valence-corrected chi connectivity index (χ3v) is 8.53. The molecule has 1 aliphatic heterocycles. The summed E-state index contributed by atoms with van der Waals surface area (Å²) in [5, 5.41) is 19.1. The van der Waals surface area contributed by atoms with Crippen molar-refractivity contribution in [3.8, 4) is 5.75 Å². The zero-order valence-corrected chi connectivity index (χ0v) is 23.6. The van der Waals surface area contributed by atoms with Crippen LogP contribution in [0, 0.1) is 19.8 Å². The summed E-state index contributed by atoms with van der Waals surface area (Å²) in [6.45, 7) is 6.14. The van der Waals surface area contributed by atoms with E-state index < -0.39 is 17.9 Å². The lowest BCUT2D eigenvalue weighted by atomic mass is 9.74. The Kier molecular flexibility index (Phi) is 8.13. The molecule has 2 amide bonds. The fraction of sp³-hybridized carbons (Fsp3) is 0.364. The molecule has 0 unspecified atom stereocenters. The van der Waals surface area contributed by atoms with Gasteiger partial charge in [0.15, 0.2) is 0 Å². The van der Waals surface area contributed by atoms with Gasteiger partial charge in [-0.3, -0.25) is 14.4 Å². The maximum atomic E-state index is 14.2. The third-order valence-electron chi connectivity index (χ3n) is 8.53. The maximum absolute atomic E-state index is 14.2. The molecule has 0 saturated heterocycles. The van der Waals surface area contributed by atoms with Crippen LogP contribution >= 0.6 is 0 Å². The van der Waals surface area contributed by atoms with Gasteiger partial charge in [-0.05, 0) is 73.1 Å². The van der Waals surface area contributed by atoms with Gasteiger partial charge >= 0.3 is 5.97 Å². The van der Waals surface area contributed by atoms with Crippen molar-refractivity contribution in [1.29, 1.82) is 0 Å². The van der Waals surface area contributed by atoms with Gasteiger partial charge in [0.25, 0.3) is 11.8 Å². The number of hydrogen-bond acceptors (Lipinski definition) is 5. The Hall–Kier alpha value is -4.17. The number of aromatic carboxylic acids is 1. The Morgan fingerprint density at radius 1 is 1.00 bits per heavy atom. The number of carboxylic acid groups (broad SMARTS) is 1. The summed E-state index contributed by atoms with van der Waals surface area (Å²) in [7, 11) is 0. The molecule has 0 spiro atoms. The number of benzene rings is 3. The number of phenols is 1. The summed E-state index contributed by atoms with van der Waals surface area (Å²) in [6, 6.07) is 17.0. The number of nitrogens with one attached hydrogen (secondary N) is 1. The van der Waals surface area contributed by atoms with Crippen molar-refractivity contribution in [1.82, 2.24) is 10.4 Å². The van der Waals surface area contributed by atoms with E-state index in [4.69, 9.17) is 4.84 Å². The average molecular weight is 557 g/mol. The molecule has 2 aliphatic rings. The van der Waals surface area contributed by atoms with E-state index in [-0.39, 0.29) is 35.8 Å². The normalized spacial score (nSPS) is 22.2. The molecule has 5 rings (SSSR count). The number of amides is 2. The molecule has 1 fully saturated rings. The highest BCUT2D eigenvalue weighted by Gasteiger charge is 2.48. The third kappa shape index (κ3) is 5.57. The van der Waals surface area contributed by atoms with Gasteiger partial charge in [0.2, 0.25) is 0 Å². The highest BCUT2D eigenvalue weighted by atomic mass is 16.6. The summed E-state index contributed by atoms with van der Waals surface area (Å²) in [5.74, 6) is -2.48. The first-order valence-electron chi connectivity index (χ1n) is 14.1.